The number of carbonyl (C=O) groups excluding carboxylic acids is 2. The quantitative estimate of drug-likeness (QED) is 0.141. The van der Waals surface area contributed by atoms with Crippen molar-refractivity contribution < 1.29 is 19.4 Å². The van der Waals surface area contributed by atoms with Gasteiger partial charge in [-0.3, -0.25) is 9.59 Å². The van der Waals surface area contributed by atoms with Crippen LogP contribution in [0.5, 0.6) is 5.75 Å². The predicted octanol–water partition coefficient (Wildman–Crippen LogP) is 6.50. The lowest BCUT2D eigenvalue weighted by Gasteiger charge is -2.14. The highest BCUT2D eigenvalue weighted by atomic mass is 16.5. The van der Waals surface area contributed by atoms with Crippen molar-refractivity contribution in [2.75, 3.05) is 7.11 Å². The Labute approximate surface area is 203 Å². The molecule has 0 saturated heterocycles. The molecule has 0 unspecified atom stereocenters. The van der Waals surface area contributed by atoms with Gasteiger partial charge in [-0.05, 0) is 24.3 Å². The van der Waals surface area contributed by atoms with E-state index in [0.29, 0.717) is 28.1 Å². The van der Waals surface area contributed by atoms with Crippen molar-refractivity contribution in [3.8, 4) is 5.75 Å². The van der Waals surface area contributed by atoms with E-state index in [1.807, 2.05) is 0 Å². The van der Waals surface area contributed by atoms with Crippen molar-refractivity contribution in [2.24, 2.45) is 4.99 Å². The normalized spacial score (nSPS) is 12.0. The lowest BCUT2D eigenvalue weighted by Crippen LogP contribution is -2.24. The van der Waals surface area contributed by atoms with Gasteiger partial charge in [0.1, 0.15) is 17.2 Å². The Bertz CT molecular complexity index is 1380. The minimum absolute atomic E-state index is 0.156. The molecule has 0 aromatic heterocycles. The maximum atomic E-state index is 13.8. The van der Waals surface area contributed by atoms with Gasteiger partial charge < -0.3 is 9.84 Å². The highest BCUT2D eigenvalue weighted by Gasteiger charge is 2.29. The minimum Gasteiger partial charge on any atom is -0.506 e. The second-order valence-electron chi connectivity index (χ2n) is 7.64. The largest absolute Gasteiger partial charge is 0.506 e. The van der Waals surface area contributed by atoms with Gasteiger partial charge in [0.05, 0.1) is 18.4 Å². The average Bonchev–Trinajstić information content (AvgIpc) is 2.94. The second-order valence-corrected chi connectivity index (χ2v) is 7.64. The predicted molar refractivity (Wildman–Crippen MR) is 138 cm³/mol. The maximum Gasteiger partial charge on any atom is 0.212 e. The third-order valence-electron chi connectivity index (χ3n) is 5.35. The number of methoxy groups -OCH3 is 1. The van der Waals surface area contributed by atoms with Crippen LogP contribution >= 0.6 is 0 Å². The molecule has 0 amide bonds. The van der Waals surface area contributed by atoms with Gasteiger partial charge in [-0.15, -0.1) is 0 Å². The van der Waals surface area contributed by atoms with E-state index >= 15 is 0 Å². The average molecular weight is 462 g/mol. The van der Waals surface area contributed by atoms with Crippen molar-refractivity contribution in [2.45, 2.75) is 0 Å². The third-order valence-corrected chi connectivity index (χ3v) is 5.35. The second kappa shape index (κ2) is 10.9. The van der Waals surface area contributed by atoms with Crippen molar-refractivity contribution in [1.82, 2.24) is 0 Å². The van der Waals surface area contributed by atoms with Crippen LogP contribution in [0.1, 0.15) is 26.3 Å². The summed E-state index contributed by atoms with van der Waals surface area (Å²) in [6.07, 6.45) is 0. The number of aliphatic hydroxyl groups is 1. The minimum atomic E-state index is -0.511. The Morgan fingerprint density at radius 3 is 1.57 bits per heavy atom. The Kier molecular flexibility index (Phi) is 7.28. The highest BCUT2D eigenvalue weighted by Crippen LogP contribution is 2.26. The Morgan fingerprint density at radius 2 is 1.09 bits per heavy atom. The number of ether oxygens (including phenoxy) is 1. The van der Waals surface area contributed by atoms with Crippen LogP contribution in [0.15, 0.2) is 126 Å². The molecule has 172 valence electrons. The summed E-state index contributed by atoms with van der Waals surface area (Å²) in [6.45, 7) is 0. The third kappa shape index (κ3) is 5.42. The lowest BCUT2D eigenvalue weighted by molar-refractivity contribution is 0.102. The zero-order chi connectivity index (χ0) is 24.6. The summed E-state index contributed by atoms with van der Waals surface area (Å²) in [7, 11) is 1.56. The zero-order valence-electron chi connectivity index (χ0n) is 19.1. The van der Waals surface area contributed by atoms with E-state index in [1.54, 1.807) is 122 Å². The van der Waals surface area contributed by atoms with Crippen molar-refractivity contribution >= 4 is 28.7 Å². The van der Waals surface area contributed by atoms with Crippen LogP contribution in [-0.4, -0.2) is 29.5 Å². The van der Waals surface area contributed by atoms with Gasteiger partial charge in [-0.2, -0.15) is 0 Å². The summed E-state index contributed by atoms with van der Waals surface area (Å²) < 4.78 is 5.21. The molecule has 4 aromatic rings. The first-order chi connectivity index (χ1) is 17.1. The number of aliphatic imine (C=N–C) groups is 1. The molecule has 0 aliphatic heterocycles. The summed E-state index contributed by atoms with van der Waals surface area (Å²) in [5.74, 6) is -0.689. The molecule has 5 nitrogen and oxygen atoms in total. The number of allylic oxidation sites excluding steroid dienone is 1. The van der Waals surface area contributed by atoms with Crippen LogP contribution in [0, 0.1) is 0 Å². The molecular weight excluding hydrogens is 438 g/mol. The molecule has 0 heterocycles. The standard InChI is InChI=1S/C30H23NO4/c1-35-25-19-17-24(18-20-25)31-27(30(34)23-15-9-4-10-16-23)26(28(32)21-11-5-2-6-12-21)29(33)22-13-7-3-8-14-22/h2-20,32H,1H3/b28-26+,31-27?. The Balaban J connectivity index is 1.97. The van der Waals surface area contributed by atoms with Crippen molar-refractivity contribution in [3.63, 3.8) is 0 Å². The smallest absolute Gasteiger partial charge is 0.212 e. The van der Waals surface area contributed by atoms with Gasteiger partial charge in [0.25, 0.3) is 0 Å². The number of aliphatic hydroxyl groups excluding tert-OH is 1. The monoisotopic (exact) mass is 461 g/mol. The number of benzene rings is 4. The van der Waals surface area contributed by atoms with E-state index < -0.39 is 11.6 Å². The fourth-order valence-corrected chi connectivity index (χ4v) is 3.53. The van der Waals surface area contributed by atoms with E-state index in [9.17, 15) is 14.7 Å². The van der Waals surface area contributed by atoms with Crippen LogP contribution in [0.2, 0.25) is 0 Å². The van der Waals surface area contributed by atoms with Crippen molar-refractivity contribution in [1.29, 1.82) is 0 Å². The number of nitrogens with zero attached hydrogens (tertiary/aromatic N) is 1. The van der Waals surface area contributed by atoms with Crippen LogP contribution < -0.4 is 4.74 Å². The zero-order valence-corrected chi connectivity index (χ0v) is 19.1. The molecule has 5 heteroatoms. The SMILES string of the molecule is COc1ccc(N=C(C(=O)c2ccccc2)/C(C(=O)c2ccccc2)=C(\O)c2ccccc2)cc1. The molecular formula is C30H23NO4. The van der Waals surface area contributed by atoms with Gasteiger partial charge in [-0.1, -0.05) is 91.0 Å². The number of rotatable bonds is 8. The molecule has 0 spiro atoms. The van der Waals surface area contributed by atoms with E-state index in [2.05, 4.69) is 4.99 Å². The fourth-order valence-electron chi connectivity index (χ4n) is 3.53. The van der Waals surface area contributed by atoms with E-state index in [4.69, 9.17) is 4.74 Å². The molecule has 0 aliphatic carbocycles. The summed E-state index contributed by atoms with van der Waals surface area (Å²) >= 11 is 0. The van der Waals surface area contributed by atoms with Crippen molar-refractivity contribution in [3.05, 3.63) is 138 Å². The summed E-state index contributed by atoms with van der Waals surface area (Å²) in [6, 6.07) is 32.5. The first kappa shape index (κ1) is 23.4. The molecule has 1 N–H and O–H groups in total. The number of hydrogen-bond acceptors (Lipinski definition) is 5. The number of hydrogen-bond donors (Lipinski definition) is 1. The van der Waals surface area contributed by atoms with Gasteiger partial charge in [-0.25, -0.2) is 4.99 Å². The molecule has 4 aromatic carbocycles. The van der Waals surface area contributed by atoms with E-state index in [-0.39, 0.29) is 17.0 Å². The molecule has 0 bridgehead atoms. The molecule has 0 radical (unpaired) electrons. The van der Waals surface area contributed by atoms with Crippen LogP contribution in [0.3, 0.4) is 0 Å². The molecule has 0 atom stereocenters. The topological polar surface area (TPSA) is 76.0 Å². The Hall–Kier alpha value is -4.77. The van der Waals surface area contributed by atoms with Gasteiger partial charge >= 0.3 is 0 Å². The first-order valence-electron chi connectivity index (χ1n) is 11.0. The summed E-state index contributed by atoms with van der Waals surface area (Å²) in [5.41, 5.74) is 1.18. The lowest BCUT2D eigenvalue weighted by atomic mass is 9.91. The van der Waals surface area contributed by atoms with Crippen LogP contribution in [-0.2, 0) is 0 Å². The first-order valence-corrected chi connectivity index (χ1v) is 11.0. The van der Waals surface area contributed by atoms with Gasteiger partial charge in [0, 0.05) is 16.7 Å². The maximum absolute atomic E-state index is 13.8. The molecule has 4 rings (SSSR count). The number of Topliss-reactive ketones (excluding diaryl/α,β-unsaturated/α-hetero) is 2. The van der Waals surface area contributed by atoms with Gasteiger partial charge in [0.2, 0.25) is 5.78 Å². The fraction of sp³-hybridized carbons (Fsp3) is 0.0333. The molecule has 0 saturated carbocycles. The summed E-state index contributed by atoms with van der Waals surface area (Å²) in [4.78, 5) is 32.1. The number of ketones is 2. The summed E-state index contributed by atoms with van der Waals surface area (Å²) in [5, 5.41) is 11.3. The van der Waals surface area contributed by atoms with Crippen LogP contribution in [0.25, 0.3) is 5.76 Å². The molecule has 0 aliphatic rings. The number of carbonyl (C=O) groups is 2. The Morgan fingerprint density at radius 1 is 0.629 bits per heavy atom. The van der Waals surface area contributed by atoms with Gasteiger partial charge in [0.15, 0.2) is 5.78 Å². The molecule has 0 fully saturated rings. The van der Waals surface area contributed by atoms with Crippen LogP contribution in [0.4, 0.5) is 5.69 Å². The van der Waals surface area contributed by atoms with E-state index in [0.717, 1.165) is 0 Å². The molecule has 35 heavy (non-hydrogen) atoms. The highest BCUT2D eigenvalue weighted by molar-refractivity contribution is 6.58. The van der Waals surface area contributed by atoms with E-state index in [1.165, 1.54) is 0 Å².